The minimum absolute atomic E-state index is 0. The van der Waals surface area contributed by atoms with Gasteiger partial charge in [0.1, 0.15) is 0 Å². The molecule has 0 spiro atoms. The summed E-state index contributed by atoms with van der Waals surface area (Å²) in [5.74, 6) is 0. The molecule has 0 N–H and O–H groups in total. The Morgan fingerprint density at radius 1 is 0.500 bits per heavy atom. The van der Waals surface area contributed by atoms with Gasteiger partial charge in [-0.05, 0) is 48.5 Å². The van der Waals surface area contributed by atoms with E-state index < -0.39 is 0 Å². The average molecular weight is 871 g/mol. The van der Waals surface area contributed by atoms with Gasteiger partial charge in [-0.15, -0.1) is 59.7 Å². The molecular formula is C36H26Ir2N2-2. The SMILES string of the molecule is Cc1cc(C)cc(-c2c(-c3c[c-]c(-c4ccccn4)cc3)cccc2-c2c[c-]c(-c3ccccn3)cc2)c1.[Ir].[Ir]. The van der Waals surface area contributed by atoms with E-state index in [9.17, 15) is 0 Å². The molecular weight excluding hydrogens is 845 g/mol. The van der Waals surface area contributed by atoms with Gasteiger partial charge in [0.05, 0.1) is 0 Å². The Kier molecular flexibility index (Phi) is 9.74. The molecule has 0 amide bonds. The number of aromatic nitrogens is 2. The van der Waals surface area contributed by atoms with Crippen LogP contribution >= 0.6 is 0 Å². The van der Waals surface area contributed by atoms with Crippen LogP contribution < -0.4 is 0 Å². The van der Waals surface area contributed by atoms with E-state index in [4.69, 9.17) is 0 Å². The van der Waals surface area contributed by atoms with Gasteiger partial charge in [0.2, 0.25) is 0 Å². The van der Waals surface area contributed by atoms with E-state index in [1.54, 1.807) is 0 Å². The summed E-state index contributed by atoms with van der Waals surface area (Å²) in [4.78, 5) is 8.96. The van der Waals surface area contributed by atoms with Crippen molar-refractivity contribution in [2.45, 2.75) is 13.8 Å². The molecule has 2 heterocycles. The van der Waals surface area contributed by atoms with Gasteiger partial charge in [-0.3, -0.25) is 0 Å². The molecule has 0 bridgehead atoms. The molecule has 0 saturated carbocycles. The van der Waals surface area contributed by atoms with Crippen LogP contribution in [0.1, 0.15) is 11.1 Å². The normalized spacial score (nSPS) is 10.3. The summed E-state index contributed by atoms with van der Waals surface area (Å²) in [7, 11) is 0. The zero-order chi connectivity index (χ0) is 25.9. The van der Waals surface area contributed by atoms with E-state index in [1.807, 2.05) is 48.8 Å². The Morgan fingerprint density at radius 2 is 1.00 bits per heavy atom. The first kappa shape index (κ1) is 29.5. The number of hydrogen-bond donors (Lipinski definition) is 0. The summed E-state index contributed by atoms with van der Waals surface area (Å²) in [6.07, 6.45) is 3.63. The molecule has 0 saturated heterocycles. The zero-order valence-electron chi connectivity index (χ0n) is 22.1. The fourth-order valence-corrected chi connectivity index (χ4v) is 5.01. The second kappa shape index (κ2) is 13.2. The van der Waals surface area contributed by atoms with Gasteiger partial charge in [0.25, 0.3) is 0 Å². The Labute approximate surface area is 263 Å². The second-order valence-electron chi connectivity index (χ2n) is 9.52. The molecule has 2 radical (unpaired) electrons. The van der Waals surface area contributed by atoms with Crippen molar-refractivity contribution in [3.05, 3.63) is 145 Å². The maximum Gasteiger partial charge on any atom is 0.0160 e. The number of pyridine rings is 2. The van der Waals surface area contributed by atoms with Crippen LogP contribution in [0.4, 0.5) is 0 Å². The molecule has 4 aromatic carbocycles. The molecule has 0 fully saturated rings. The fraction of sp³-hybridized carbons (Fsp3) is 0.0556. The van der Waals surface area contributed by atoms with E-state index in [2.05, 4.69) is 109 Å². The van der Waals surface area contributed by atoms with E-state index in [1.165, 1.54) is 33.4 Å². The fourth-order valence-electron chi connectivity index (χ4n) is 5.01. The summed E-state index contributed by atoms with van der Waals surface area (Å²) in [5, 5.41) is 0. The number of hydrogen-bond acceptors (Lipinski definition) is 2. The van der Waals surface area contributed by atoms with Gasteiger partial charge in [0.15, 0.2) is 0 Å². The van der Waals surface area contributed by atoms with Crippen molar-refractivity contribution < 1.29 is 40.2 Å². The molecule has 2 aromatic heterocycles. The largest absolute Gasteiger partial charge is 0.305 e. The van der Waals surface area contributed by atoms with E-state index in [-0.39, 0.29) is 40.2 Å². The van der Waals surface area contributed by atoms with Crippen molar-refractivity contribution in [2.75, 3.05) is 0 Å². The van der Waals surface area contributed by atoms with Crippen LogP contribution in [0.15, 0.2) is 122 Å². The Bertz CT molecular complexity index is 1580. The van der Waals surface area contributed by atoms with Gasteiger partial charge in [-0.25, -0.2) is 0 Å². The number of rotatable bonds is 5. The molecule has 2 nitrogen and oxygen atoms in total. The molecule has 0 aliphatic carbocycles. The standard InChI is InChI=1S/C36H26N2.2Ir/c1-25-22-26(2)24-31(23-25)36-32(27-12-16-29(17-13-27)34-10-3-5-20-37-34)8-7-9-33(36)28-14-18-30(19-15-28)35-11-4-6-21-38-35;;/h3-16,18,20-24H,1-2H3;;/q-2;;. The van der Waals surface area contributed by atoms with E-state index >= 15 is 0 Å². The minimum Gasteiger partial charge on any atom is -0.305 e. The summed E-state index contributed by atoms with van der Waals surface area (Å²) >= 11 is 0. The van der Waals surface area contributed by atoms with Crippen molar-refractivity contribution in [2.24, 2.45) is 0 Å². The van der Waals surface area contributed by atoms with Gasteiger partial charge < -0.3 is 9.97 Å². The third-order valence-corrected chi connectivity index (χ3v) is 6.70. The Balaban J connectivity index is 0.00000185. The predicted octanol–water partition coefficient (Wildman–Crippen LogP) is 9.02. The van der Waals surface area contributed by atoms with Gasteiger partial charge >= 0.3 is 0 Å². The molecule has 0 atom stereocenters. The van der Waals surface area contributed by atoms with Gasteiger partial charge in [-0.1, -0.05) is 94.0 Å². The van der Waals surface area contributed by atoms with Crippen LogP contribution in [0.25, 0.3) is 55.9 Å². The van der Waals surface area contributed by atoms with Crippen molar-refractivity contribution in [1.82, 2.24) is 9.97 Å². The van der Waals surface area contributed by atoms with E-state index in [0.29, 0.717) is 0 Å². The first-order chi connectivity index (χ1) is 18.7. The number of benzene rings is 4. The van der Waals surface area contributed by atoms with Crippen molar-refractivity contribution in [1.29, 1.82) is 0 Å². The van der Waals surface area contributed by atoms with Crippen molar-refractivity contribution >= 4 is 0 Å². The van der Waals surface area contributed by atoms with Crippen LogP contribution in [0.3, 0.4) is 0 Å². The smallest absolute Gasteiger partial charge is 0.0160 e. The quantitative estimate of drug-likeness (QED) is 0.162. The summed E-state index contributed by atoms with van der Waals surface area (Å²) in [6.45, 7) is 4.31. The van der Waals surface area contributed by atoms with Crippen LogP contribution in [-0.4, -0.2) is 9.97 Å². The zero-order valence-corrected chi connectivity index (χ0v) is 26.9. The first-order valence-electron chi connectivity index (χ1n) is 12.7. The minimum atomic E-state index is 0. The Morgan fingerprint density at radius 3 is 1.40 bits per heavy atom. The number of nitrogens with zero attached hydrogens (tertiary/aromatic N) is 2. The van der Waals surface area contributed by atoms with E-state index in [0.717, 1.165) is 33.6 Å². The predicted molar refractivity (Wildman–Crippen MR) is 156 cm³/mol. The summed E-state index contributed by atoms with van der Waals surface area (Å²) < 4.78 is 0. The third-order valence-electron chi connectivity index (χ3n) is 6.70. The van der Waals surface area contributed by atoms with Crippen LogP contribution in [0.5, 0.6) is 0 Å². The molecule has 0 unspecified atom stereocenters. The average Bonchev–Trinajstić information content (AvgIpc) is 2.97. The third kappa shape index (κ3) is 6.27. The Hall–Kier alpha value is -3.52. The maximum absolute atomic E-state index is 4.48. The monoisotopic (exact) mass is 872 g/mol. The van der Waals surface area contributed by atoms with Crippen LogP contribution in [0.2, 0.25) is 0 Å². The molecule has 200 valence electrons. The molecule has 0 aliphatic heterocycles. The summed E-state index contributed by atoms with van der Waals surface area (Å²) in [6, 6.07) is 44.8. The second-order valence-corrected chi connectivity index (χ2v) is 9.52. The molecule has 40 heavy (non-hydrogen) atoms. The molecule has 4 heteroatoms. The first-order valence-corrected chi connectivity index (χ1v) is 12.7. The maximum atomic E-state index is 4.48. The molecule has 0 aliphatic rings. The molecule has 6 aromatic rings. The van der Waals surface area contributed by atoms with Gasteiger partial charge in [-0.2, -0.15) is 0 Å². The topological polar surface area (TPSA) is 25.8 Å². The van der Waals surface area contributed by atoms with Crippen LogP contribution in [0, 0.1) is 26.0 Å². The van der Waals surface area contributed by atoms with Crippen LogP contribution in [-0.2, 0) is 40.2 Å². The van der Waals surface area contributed by atoms with Crippen molar-refractivity contribution in [3.63, 3.8) is 0 Å². The molecule has 6 rings (SSSR count). The van der Waals surface area contributed by atoms with Crippen molar-refractivity contribution in [3.8, 4) is 55.9 Å². The number of aryl methyl sites for hydroxylation is 2. The van der Waals surface area contributed by atoms with Gasteiger partial charge in [0, 0.05) is 52.6 Å². The summed E-state index contributed by atoms with van der Waals surface area (Å²) in [5.41, 5.74) is 13.3.